The van der Waals surface area contributed by atoms with Crippen LogP contribution in [0, 0.1) is 0 Å². The lowest BCUT2D eigenvalue weighted by molar-refractivity contribution is -0.144. The summed E-state index contributed by atoms with van der Waals surface area (Å²) in [6.07, 6.45) is 4.96. The number of thioether (sulfide) groups is 1. The smallest absolute Gasteiger partial charge is 0.335 e. The highest BCUT2D eigenvalue weighted by Gasteiger charge is 2.46. The van der Waals surface area contributed by atoms with Gasteiger partial charge in [0, 0.05) is 36.6 Å². The average molecular weight is 468 g/mol. The second-order valence-electron chi connectivity index (χ2n) is 8.68. The van der Waals surface area contributed by atoms with Crippen LogP contribution in [0.5, 0.6) is 0 Å². The Morgan fingerprint density at radius 3 is 2.91 bits per heavy atom. The van der Waals surface area contributed by atoms with Crippen LogP contribution in [0.1, 0.15) is 42.6 Å². The summed E-state index contributed by atoms with van der Waals surface area (Å²) in [5, 5.41) is 10.2. The van der Waals surface area contributed by atoms with E-state index < -0.39 is 17.6 Å². The van der Waals surface area contributed by atoms with Crippen LogP contribution in [0.15, 0.2) is 40.6 Å². The number of fused-ring (bicyclic) bond motifs is 3. The third-order valence-corrected chi connectivity index (χ3v) is 7.26. The van der Waals surface area contributed by atoms with Crippen LogP contribution < -0.4 is 9.80 Å². The van der Waals surface area contributed by atoms with Crippen molar-refractivity contribution in [1.82, 2.24) is 9.97 Å². The molecule has 0 spiro atoms. The molecule has 3 aliphatic heterocycles. The Labute approximate surface area is 195 Å². The third-order valence-electron chi connectivity index (χ3n) is 6.70. The summed E-state index contributed by atoms with van der Waals surface area (Å²) in [4.78, 5) is 42.7. The topological polar surface area (TPSA) is 108 Å². The molecule has 0 bridgehead atoms. The summed E-state index contributed by atoms with van der Waals surface area (Å²) in [7, 11) is 0. The molecule has 1 N–H and O–H groups in total. The van der Waals surface area contributed by atoms with Crippen molar-refractivity contribution < 1.29 is 19.4 Å². The fourth-order valence-electron chi connectivity index (χ4n) is 4.56. The molecule has 0 radical (unpaired) electrons. The number of aromatic nitrogens is 2. The van der Waals surface area contributed by atoms with Crippen molar-refractivity contribution in [3.63, 3.8) is 0 Å². The normalized spacial score (nSPS) is 26.4. The summed E-state index contributed by atoms with van der Waals surface area (Å²) in [6.45, 7) is 4.63. The summed E-state index contributed by atoms with van der Waals surface area (Å²) in [5.41, 5.74) is 0.483. The van der Waals surface area contributed by atoms with E-state index in [4.69, 9.17) is 4.74 Å². The van der Waals surface area contributed by atoms with Crippen LogP contribution >= 0.6 is 11.8 Å². The first kappa shape index (κ1) is 21.7. The van der Waals surface area contributed by atoms with E-state index in [9.17, 15) is 14.7 Å². The number of amides is 1. The number of carboxylic acids is 1. The molecule has 172 valence electrons. The van der Waals surface area contributed by atoms with E-state index in [2.05, 4.69) is 19.9 Å². The van der Waals surface area contributed by atoms with Crippen molar-refractivity contribution in [2.24, 2.45) is 4.99 Å². The highest BCUT2D eigenvalue weighted by molar-refractivity contribution is 7.98. The number of carbonyl (C=O) groups excluding carboxylic acids is 1. The molecule has 0 unspecified atom stereocenters. The summed E-state index contributed by atoms with van der Waals surface area (Å²) >= 11 is 1.46. The van der Waals surface area contributed by atoms with Crippen LogP contribution in [0.25, 0.3) is 0 Å². The highest BCUT2D eigenvalue weighted by Crippen LogP contribution is 2.35. The van der Waals surface area contributed by atoms with E-state index in [-0.39, 0.29) is 17.8 Å². The van der Waals surface area contributed by atoms with Gasteiger partial charge in [-0.05, 0) is 51.1 Å². The number of hydrogen-bond donors (Lipinski definition) is 1. The molecule has 33 heavy (non-hydrogen) atoms. The second kappa shape index (κ2) is 8.02. The number of aliphatic carboxylic acids is 1. The molecule has 1 fully saturated rings. The van der Waals surface area contributed by atoms with E-state index >= 15 is 0 Å². The molecule has 1 aromatic heterocycles. The predicted molar refractivity (Wildman–Crippen MR) is 125 cm³/mol. The van der Waals surface area contributed by atoms with Crippen LogP contribution in [-0.2, 0) is 9.53 Å². The number of hydrogen-bond acceptors (Lipinski definition) is 8. The van der Waals surface area contributed by atoms with E-state index in [0.29, 0.717) is 34.3 Å². The number of nitrogens with zero attached hydrogens (tertiary/aromatic N) is 5. The van der Waals surface area contributed by atoms with Gasteiger partial charge in [-0.3, -0.25) is 4.79 Å². The van der Waals surface area contributed by atoms with Gasteiger partial charge in [0.15, 0.2) is 10.7 Å². The van der Waals surface area contributed by atoms with Gasteiger partial charge in [0.2, 0.25) is 5.90 Å². The van der Waals surface area contributed by atoms with Gasteiger partial charge in [-0.1, -0.05) is 17.8 Å². The molecule has 10 heteroatoms. The van der Waals surface area contributed by atoms with Crippen LogP contribution in [-0.4, -0.2) is 69.9 Å². The van der Waals surface area contributed by atoms with Crippen LogP contribution in [0.2, 0.25) is 0 Å². The van der Waals surface area contributed by atoms with Crippen LogP contribution in [0.4, 0.5) is 11.5 Å². The van der Waals surface area contributed by atoms with Crippen molar-refractivity contribution >= 4 is 41.0 Å². The molecular weight excluding hydrogens is 442 g/mol. The van der Waals surface area contributed by atoms with E-state index in [1.807, 2.05) is 30.5 Å². The second-order valence-corrected chi connectivity index (χ2v) is 9.45. The maximum absolute atomic E-state index is 13.6. The summed E-state index contributed by atoms with van der Waals surface area (Å²) in [5.74, 6) is -0.212. The van der Waals surface area contributed by atoms with Crippen molar-refractivity contribution in [3.05, 3.63) is 41.6 Å². The number of carboxylic acid groups (broad SMARTS) is 1. The number of carbonyl (C=O) groups is 2. The Morgan fingerprint density at radius 2 is 2.18 bits per heavy atom. The zero-order valence-electron chi connectivity index (χ0n) is 18.7. The maximum atomic E-state index is 13.6. The Hall–Kier alpha value is -3.14. The van der Waals surface area contributed by atoms with Crippen molar-refractivity contribution in [2.45, 2.75) is 49.5 Å². The fraction of sp³-hybridized carbons (Fsp3) is 0.435. The molecule has 0 saturated carbocycles. The maximum Gasteiger partial charge on any atom is 0.335 e. The SMILES string of the molecule is CSc1ncc2c(n1)N1CCC[C@H]1CN(c1cccc(C3=N[C@](C)(C(=O)O)[C@H](C)O3)c1)C2=O. The predicted octanol–water partition coefficient (Wildman–Crippen LogP) is 2.84. The largest absolute Gasteiger partial charge is 0.479 e. The molecule has 1 saturated heterocycles. The molecule has 3 aliphatic rings. The minimum absolute atomic E-state index is 0.151. The summed E-state index contributed by atoms with van der Waals surface area (Å²) < 4.78 is 5.80. The van der Waals surface area contributed by atoms with Gasteiger partial charge in [-0.25, -0.2) is 19.8 Å². The average Bonchev–Trinajstić information content (AvgIpc) is 3.38. The molecular formula is C23H25N5O4S. The molecule has 2 aromatic rings. The minimum Gasteiger partial charge on any atom is -0.479 e. The Morgan fingerprint density at radius 1 is 1.36 bits per heavy atom. The number of ether oxygens (including phenoxy) is 1. The number of anilines is 2. The zero-order chi connectivity index (χ0) is 23.3. The molecule has 5 rings (SSSR count). The number of benzene rings is 1. The molecule has 3 atom stereocenters. The molecule has 1 amide bonds. The van der Waals surface area contributed by atoms with E-state index in [1.165, 1.54) is 11.8 Å². The third kappa shape index (κ3) is 3.52. The minimum atomic E-state index is -1.35. The first-order valence-corrected chi connectivity index (χ1v) is 12.1. The Balaban J connectivity index is 1.54. The van der Waals surface area contributed by atoms with Gasteiger partial charge in [-0.2, -0.15) is 0 Å². The number of rotatable bonds is 4. The van der Waals surface area contributed by atoms with Crippen LogP contribution in [0.3, 0.4) is 0 Å². The molecule has 9 nitrogen and oxygen atoms in total. The van der Waals surface area contributed by atoms with Gasteiger partial charge in [0.1, 0.15) is 17.5 Å². The quantitative estimate of drug-likeness (QED) is 0.540. The van der Waals surface area contributed by atoms with E-state index in [1.54, 1.807) is 24.9 Å². The van der Waals surface area contributed by atoms with Gasteiger partial charge in [-0.15, -0.1) is 0 Å². The van der Waals surface area contributed by atoms with E-state index in [0.717, 1.165) is 19.4 Å². The van der Waals surface area contributed by atoms with Crippen molar-refractivity contribution in [2.75, 3.05) is 29.1 Å². The fourth-order valence-corrected chi connectivity index (χ4v) is 4.90. The first-order valence-electron chi connectivity index (χ1n) is 10.9. The lowest BCUT2D eigenvalue weighted by Crippen LogP contribution is -2.41. The van der Waals surface area contributed by atoms with Crippen molar-refractivity contribution in [1.29, 1.82) is 0 Å². The monoisotopic (exact) mass is 467 g/mol. The molecule has 4 heterocycles. The van der Waals surface area contributed by atoms with Gasteiger partial charge >= 0.3 is 5.97 Å². The summed E-state index contributed by atoms with van der Waals surface area (Å²) in [6, 6.07) is 7.51. The van der Waals surface area contributed by atoms with Gasteiger partial charge in [0.25, 0.3) is 5.91 Å². The Bertz CT molecular complexity index is 1170. The molecule has 0 aliphatic carbocycles. The molecule has 1 aromatic carbocycles. The standard InChI is InChI=1S/C23H25N5O4S/c1-13-23(2,21(30)31)26-19(32-13)14-6-4-7-15(10-14)28-12-16-8-5-9-27(16)18-17(20(28)29)11-24-22(25-18)33-3/h4,6-7,10-11,13,16H,5,8-9,12H2,1-3H3,(H,30,31)/t13-,16-,23-/m0/s1. The lowest BCUT2D eigenvalue weighted by Gasteiger charge is -2.27. The highest BCUT2D eigenvalue weighted by atomic mass is 32.2. The van der Waals surface area contributed by atoms with Gasteiger partial charge in [0.05, 0.1) is 0 Å². The van der Waals surface area contributed by atoms with Crippen molar-refractivity contribution in [3.8, 4) is 0 Å². The van der Waals surface area contributed by atoms with Gasteiger partial charge < -0.3 is 19.6 Å². The lowest BCUT2D eigenvalue weighted by atomic mass is 9.98. The number of aliphatic imine (C=N–C) groups is 1. The zero-order valence-corrected chi connectivity index (χ0v) is 19.5. The first-order chi connectivity index (χ1) is 15.8. The Kier molecular flexibility index (Phi) is 5.27.